The van der Waals surface area contributed by atoms with E-state index in [0.29, 0.717) is 52.0 Å². The summed E-state index contributed by atoms with van der Waals surface area (Å²) < 4.78 is 47.3. The largest absolute Gasteiger partial charge is 0.493 e. The second-order valence-electron chi connectivity index (χ2n) is 6.74. The molecular weight excluding hydrogens is 470 g/mol. The van der Waals surface area contributed by atoms with Crippen molar-refractivity contribution in [1.29, 1.82) is 0 Å². The van der Waals surface area contributed by atoms with Crippen molar-refractivity contribution in [3.05, 3.63) is 40.7 Å². The molecule has 1 heterocycles. The number of rotatable bonds is 9. The maximum absolute atomic E-state index is 13.1. The van der Waals surface area contributed by atoms with E-state index >= 15 is 0 Å². The van der Waals surface area contributed by atoms with Gasteiger partial charge in [-0.15, -0.1) is 0 Å². The molecule has 12 heteroatoms. The highest BCUT2D eigenvalue weighted by atomic mass is 32.2. The maximum atomic E-state index is 13.1. The molecule has 0 saturated carbocycles. The highest BCUT2D eigenvalue weighted by Gasteiger charge is 2.18. The van der Waals surface area contributed by atoms with Crippen LogP contribution < -0.4 is 24.2 Å². The summed E-state index contributed by atoms with van der Waals surface area (Å²) in [5.74, 6) is 0.487. The van der Waals surface area contributed by atoms with E-state index in [0.717, 1.165) is 0 Å². The lowest BCUT2D eigenvalue weighted by Crippen LogP contribution is -2.20. The molecule has 0 fully saturated rings. The predicted molar refractivity (Wildman–Crippen MR) is 124 cm³/mol. The maximum Gasteiger partial charge on any atom is 0.279 e. The van der Waals surface area contributed by atoms with Crippen molar-refractivity contribution >= 4 is 37.5 Å². The molecule has 0 bridgehead atoms. The van der Waals surface area contributed by atoms with Crippen molar-refractivity contribution < 1.29 is 32.2 Å². The number of nitrogens with zero attached hydrogens (tertiary/aromatic N) is 2. The molecule has 0 aliphatic rings. The van der Waals surface area contributed by atoms with Crippen molar-refractivity contribution in [2.24, 2.45) is 10.1 Å². The van der Waals surface area contributed by atoms with Crippen LogP contribution in [0.2, 0.25) is 0 Å². The fourth-order valence-corrected chi connectivity index (χ4v) is 4.90. The number of thiazole rings is 1. The van der Waals surface area contributed by atoms with E-state index in [2.05, 4.69) is 4.99 Å². The van der Waals surface area contributed by atoms with Crippen LogP contribution in [0.15, 0.2) is 40.2 Å². The molecule has 0 aliphatic carbocycles. The molecule has 3 aromatic rings. The molecule has 2 aromatic carbocycles. The highest BCUT2D eigenvalue weighted by molar-refractivity contribution is 7.89. The zero-order valence-electron chi connectivity index (χ0n) is 18.7. The molecule has 1 aromatic heterocycles. The summed E-state index contributed by atoms with van der Waals surface area (Å²) in [7, 11) is 0.517. The fourth-order valence-electron chi connectivity index (χ4n) is 3.19. The Morgan fingerprint density at radius 2 is 1.76 bits per heavy atom. The molecule has 178 valence electrons. The SMILES string of the molecule is CCOCCn1c(=NC(=O)c2cc(OC)c(OC)c(OC)c2)sc2cc(S(N)(=O)=O)ccc21. The van der Waals surface area contributed by atoms with E-state index in [4.69, 9.17) is 24.1 Å². The van der Waals surface area contributed by atoms with Gasteiger partial charge in [0.25, 0.3) is 5.91 Å². The fraction of sp³-hybridized carbons (Fsp3) is 0.333. The smallest absolute Gasteiger partial charge is 0.279 e. The number of hydrogen-bond donors (Lipinski definition) is 1. The Bertz CT molecular complexity index is 1320. The number of nitrogens with two attached hydrogens (primary N) is 1. The Morgan fingerprint density at radius 3 is 2.30 bits per heavy atom. The van der Waals surface area contributed by atoms with E-state index in [1.165, 1.54) is 56.9 Å². The summed E-state index contributed by atoms with van der Waals surface area (Å²) in [6.07, 6.45) is 0. The average Bonchev–Trinajstić information content (AvgIpc) is 3.13. The van der Waals surface area contributed by atoms with E-state index in [-0.39, 0.29) is 10.5 Å². The Labute approximate surface area is 195 Å². The molecule has 0 saturated heterocycles. The van der Waals surface area contributed by atoms with Gasteiger partial charge in [-0.05, 0) is 37.3 Å². The van der Waals surface area contributed by atoms with E-state index in [9.17, 15) is 13.2 Å². The van der Waals surface area contributed by atoms with Crippen molar-refractivity contribution in [1.82, 2.24) is 4.57 Å². The molecule has 10 nitrogen and oxygen atoms in total. The number of primary sulfonamides is 1. The van der Waals surface area contributed by atoms with Gasteiger partial charge in [0.2, 0.25) is 15.8 Å². The van der Waals surface area contributed by atoms with Gasteiger partial charge in [0.05, 0.1) is 43.0 Å². The number of fused-ring (bicyclic) bond motifs is 1. The van der Waals surface area contributed by atoms with Crippen molar-refractivity contribution in [2.45, 2.75) is 18.4 Å². The number of aromatic nitrogens is 1. The number of amides is 1. The third kappa shape index (κ3) is 5.36. The lowest BCUT2D eigenvalue weighted by molar-refractivity contribution is 0.0996. The van der Waals surface area contributed by atoms with Crippen LogP contribution in [-0.4, -0.2) is 53.4 Å². The summed E-state index contributed by atoms with van der Waals surface area (Å²) >= 11 is 1.18. The topological polar surface area (TPSA) is 131 Å². The summed E-state index contributed by atoms with van der Waals surface area (Å²) in [5, 5.41) is 5.26. The number of methoxy groups -OCH3 is 3. The van der Waals surface area contributed by atoms with Gasteiger partial charge in [-0.2, -0.15) is 4.99 Å². The van der Waals surface area contributed by atoms with Gasteiger partial charge in [-0.25, -0.2) is 13.6 Å². The number of sulfonamides is 1. The third-order valence-electron chi connectivity index (χ3n) is 4.75. The Kier molecular flexibility index (Phi) is 7.74. The van der Waals surface area contributed by atoms with Gasteiger partial charge in [0.15, 0.2) is 16.3 Å². The summed E-state index contributed by atoms with van der Waals surface area (Å²) in [6, 6.07) is 7.57. The average molecular weight is 496 g/mol. The minimum absolute atomic E-state index is 0.0179. The van der Waals surface area contributed by atoms with Crippen LogP contribution in [0.3, 0.4) is 0 Å². The highest BCUT2D eigenvalue weighted by Crippen LogP contribution is 2.38. The first kappa shape index (κ1) is 24.7. The lowest BCUT2D eigenvalue weighted by Gasteiger charge is -2.12. The van der Waals surface area contributed by atoms with Crippen LogP contribution in [0.1, 0.15) is 17.3 Å². The van der Waals surface area contributed by atoms with E-state index < -0.39 is 15.9 Å². The molecule has 0 aliphatic heterocycles. The third-order valence-corrected chi connectivity index (χ3v) is 6.71. The molecule has 2 N–H and O–H groups in total. The molecule has 3 rings (SSSR count). The second-order valence-corrected chi connectivity index (χ2v) is 9.31. The molecule has 0 spiro atoms. The van der Waals surface area contributed by atoms with Gasteiger partial charge >= 0.3 is 0 Å². The number of ether oxygens (including phenoxy) is 4. The van der Waals surface area contributed by atoms with Crippen LogP contribution in [-0.2, 0) is 21.3 Å². The molecule has 0 unspecified atom stereocenters. The van der Waals surface area contributed by atoms with Gasteiger partial charge in [0, 0.05) is 18.7 Å². The Morgan fingerprint density at radius 1 is 1.09 bits per heavy atom. The molecule has 33 heavy (non-hydrogen) atoms. The van der Waals surface area contributed by atoms with Gasteiger partial charge in [0.1, 0.15) is 0 Å². The van der Waals surface area contributed by atoms with Crippen LogP contribution in [0, 0.1) is 0 Å². The quantitative estimate of drug-likeness (QED) is 0.450. The van der Waals surface area contributed by atoms with Crippen LogP contribution in [0.4, 0.5) is 0 Å². The summed E-state index contributed by atoms with van der Waals surface area (Å²) in [5.41, 5.74) is 0.951. The minimum atomic E-state index is -3.87. The van der Waals surface area contributed by atoms with Crippen LogP contribution in [0.25, 0.3) is 10.2 Å². The molecule has 0 radical (unpaired) electrons. The number of benzene rings is 2. The van der Waals surface area contributed by atoms with E-state index in [1.54, 1.807) is 10.6 Å². The first-order valence-electron chi connectivity index (χ1n) is 9.86. The Hall–Kier alpha value is -2.93. The monoisotopic (exact) mass is 495 g/mol. The van der Waals surface area contributed by atoms with Crippen molar-refractivity contribution in [2.75, 3.05) is 34.5 Å². The zero-order valence-corrected chi connectivity index (χ0v) is 20.3. The number of carbonyl (C=O) groups is 1. The van der Waals surface area contributed by atoms with Crippen LogP contribution >= 0.6 is 11.3 Å². The van der Waals surface area contributed by atoms with Gasteiger partial charge < -0.3 is 23.5 Å². The molecule has 1 amide bonds. The first-order valence-corrected chi connectivity index (χ1v) is 12.2. The van der Waals surface area contributed by atoms with Crippen molar-refractivity contribution in [3.63, 3.8) is 0 Å². The number of carbonyl (C=O) groups excluding carboxylic acids is 1. The molecule has 0 atom stereocenters. The molecular formula is C21H25N3O7S2. The zero-order chi connectivity index (χ0) is 24.2. The summed E-state index contributed by atoms with van der Waals surface area (Å²) in [4.78, 5) is 17.7. The lowest BCUT2D eigenvalue weighted by atomic mass is 10.1. The van der Waals surface area contributed by atoms with E-state index in [1.807, 2.05) is 6.92 Å². The van der Waals surface area contributed by atoms with Gasteiger partial charge in [-0.1, -0.05) is 11.3 Å². The Balaban J connectivity index is 2.15. The normalized spacial score (nSPS) is 12.2. The van der Waals surface area contributed by atoms with Crippen LogP contribution in [0.5, 0.6) is 17.2 Å². The standard InChI is InChI=1S/C21H25N3O7S2/c1-5-31-9-8-24-15-7-6-14(33(22,26)27)12-18(15)32-21(24)23-20(25)13-10-16(28-2)19(30-4)17(11-13)29-3/h6-7,10-12H,5,8-9H2,1-4H3,(H2,22,26,27). The minimum Gasteiger partial charge on any atom is -0.493 e. The summed E-state index contributed by atoms with van der Waals surface area (Å²) in [6.45, 7) is 3.23. The second kappa shape index (κ2) is 10.3. The first-order chi connectivity index (χ1) is 15.7. The number of hydrogen-bond acceptors (Lipinski definition) is 8. The van der Waals surface area contributed by atoms with Gasteiger partial charge in [-0.3, -0.25) is 4.79 Å². The predicted octanol–water partition coefficient (Wildman–Crippen LogP) is 2.15. The van der Waals surface area contributed by atoms with Crippen molar-refractivity contribution in [3.8, 4) is 17.2 Å².